The highest BCUT2D eigenvalue weighted by Crippen LogP contribution is 2.14. The monoisotopic (exact) mass is 345 g/mol. The van der Waals surface area contributed by atoms with Gasteiger partial charge in [0.15, 0.2) is 0 Å². The molecule has 1 N–H and O–H groups in total. The summed E-state index contributed by atoms with van der Waals surface area (Å²) in [5.74, 6) is 0. The smallest absolute Gasteiger partial charge is 0.313 e. The lowest BCUT2D eigenvalue weighted by atomic mass is 10.0. The Bertz CT molecular complexity index is 258. The average Bonchev–Trinajstić information content (AvgIpc) is 2.50. The normalized spacial score (nSPS) is 12.3. The summed E-state index contributed by atoms with van der Waals surface area (Å²) in [4.78, 5) is 10.7. The molecule has 23 heavy (non-hydrogen) atoms. The van der Waals surface area contributed by atoms with Gasteiger partial charge in [-0.1, -0.05) is 103 Å². The van der Waals surface area contributed by atoms with E-state index in [1.165, 1.54) is 96.3 Å². The summed E-state index contributed by atoms with van der Waals surface area (Å²) in [5, 5.41) is 2.29. The van der Waals surface area contributed by atoms with Gasteiger partial charge < -0.3 is 5.32 Å². The van der Waals surface area contributed by atoms with Crippen LogP contribution < -0.4 is 5.32 Å². The summed E-state index contributed by atoms with van der Waals surface area (Å²) >= 11 is 5.29. The average molecular weight is 346 g/mol. The minimum atomic E-state index is -0.432. The first-order chi connectivity index (χ1) is 11.2. The van der Waals surface area contributed by atoms with E-state index in [1.807, 2.05) is 6.92 Å². The molecule has 0 aliphatic rings. The molecule has 0 saturated carbocycles. The maximum atomic E-state index is 10.7. The van der Waals surface area contributed by atoms with Crippen molar-refractivity contribution in [3.8, 4) is 0 Å². The Morgan fingerprint density at radius 3 is 1.43 bits per heavy atom. The molecular weight excluding hydrogens is 306 g/mol. The lowest BCUT2D eigenvalue weighted by Gasteiger charge is -2.10. The number of rotatable bonds is 17. The largest absolute Gasteiger partial charge is 0.340 e. The van der Waals surface area contributed by atoms with Crippen molar-refractivity contribution >= 4 is 17.0 Å². The van der Waals surface area contributed by atoms with Gasteiger partial charge in [-0.05, 0) is 24.9 Å². The van der Waals surface area contributed by atoms with Gasteiger partial charge in [0, 0.05) is 6.04 Å². The second-order valence-electron chi connectivity index (χ2n) is 7.06. The van der Waals surface area contributed by atoms with E-state index in [4.69, 9.17) is 11.6 Å². The molecule has 0 aromatic rings. The maximum Gasteiger partial charge on any atom is 0.313 e. The van der Waals surface area contributed by atoms with E-state index < -0.39 is 5.37 Å². The van der Waals surface area contributed by atoms with Crippen LogP contribution in [0.4, 0.5) is 4.79 Å². The molecule has 0 aromatic heterocycles. The highest BCUT2D eigenvalue weighted by molar-refractivity contribution is 6.62. The van der Waals surface area contributed by atoms with Crippen molar-refractivity contribution < 1.29 is 4.79 Å². The quantitative estimate of drug-likeness (QED) is 0.164. The Morgan fingerprint density at radius 1 is 0.739 bits per heavy atom. The first-order valence-corrected chi connectivity index (χ1v) is 10.5. The van der Waals surface area contributed by atoms with Crippen LogP contribution in [-0.4, -0.2) is 11.4 Å². The Labute approximate surface area is 150 Å². The number of hydrogen-bond donors (Lipinski definition) is 1. The Balaban J connectivity index is 3.06. The summed E-state index contributed by atoms with van der Waals surface area (Å²) in [6.07, 6.45) is 21.9. The predicted octanol–water partition coefficient (Wildman–Crippen LogP) is 7.58. The van der Waals surface area contributed by atoms with E-state index in [0.29, 0.717) is 0 Å². The summed E-state index contributed by atoms with van der Waals surface area (Å²) in [6, 6.07) is 0.210. The molecule has 1 atom stereocenters. The predicted molar refractivity (Wildman–Crippen MR) is 103 cm³/mol. The summed E-state index contributed by atoms with van der Waals surface area (Å²) < 4.78 is 0. The second-order valence-corrected chi connectivity index (χ2v) is 7.40. The molecule has 0 spiro atoms. The zero-order chi connectivity index (χ0) is 17.2. The standard InChI is InChI=1S/C20H40ClNO/c1-3-4-5-6-7-8-9-10-11-12-13-14-15-16-17-18-19(2)22-20(21)23/h19H,3-18H2,1-2H3,(H,22,23). The van der Waals surface area contributed by atoms with Gasteiger partial charge in [-0.2, -0.15) is 0 Å². The Hall–Kier alpha value is -0.240. The number of halogens is 1. The highest BCUT2D eigenvalue weighted by atomic mass is 35.5. The van der Waals surface area contributed by atoms with E-state index in [1.54, 1.807) is 0 Å². The fourth-order valence-electron chi connectivity index (χ4n) is 3.09. The van der Waals surface area contributed by atoms with E-state index >= 15 is 0 Å². The van der Waals surface area contributed by atoms with Gasteiger partial charge in [-0.15, -0.1) is 0 Å². The first-order valence-electron chi connectivity index (χ1n) is 10.1. The van der Waals surface area contributed by atoms with Crippen LogP contribution >= 0.6 is 11.6 Å². The molecule has 0 radical (unpaired) electrons. The molecule has 0 saturated heterocycles. The highest BCUT2D eigenvalue weighted by Gasteiger charge is 2.03. The lowest BCUT2D eigenvalue weighted by molar-refractivity contribution is 0.256. The van der Waals surface area contributed by atoms with Gasteiger partial charge in [0.2, 0.25) is 0 Å². The van der Waals surface area contributed by atoms with Gasteiger partial charge in [-0.25, -0.2) is 0 Å². The first kappa shape index (κ1) is 22.8. The molecule has 0 aromatic carbocycles. The summed E-state index contributed by atoms with van der Waals surface area (Å²) in [5.41, 5.74) is 0. The van der Waals surface area contributed by atoms with Gasteiger partial charge in [0.25, 0.3) is 0 Å². The van der Waals surface area contributed by atoms with Crippen molar-refractivity contribution in [2.24, 2.45) is 0 Å². The van der Waals surface area contributed by atoms with E-state index in [0.717, 1.165) is 6.42 Å². The third kappa shape index (κ3) is 19.7. The fraction of sp³-hybridized carbons (Fsp3) is 0.950. The molecular formula is C20H40ClNO. The van der Waals surface area contributed by atoms with Crippen LogP contribution in [0.15, 0.2) is 0 Å². The molecule has 0 fully saturated rings. The van der Waals surface area contributed by atoms with Gasteiger partial charge in [0.05, 0.1) is 0 Å². The minimum absolute atomic E-state index is 0.210. The summed E-state index contributed by atoms with van der Waals surface area (Å²) in [6.45, 7) is 4.30. The van der Waals surface area contributed by atoms with Crippen LogP contribution in [0.1, 0.15) is 117 Å². The molecule has 1 unspecified atom stereocenters. The number of carbonyl (C=O) groups excluding carboxylic acids is 1. The SMILES string of the molecule is CCCCCCCCCCCCCCCCCC(C)NC(=O)Cl. The second kappa shape index (κ2) is 18.1. The van der Waals surface area contributed by atoms with Crippen molar-refractivity contribution in [2.45, 2.75) is 123 Å². The van der Waals surface area contributed by atoms with Gasteiger partial charge >= 0.3 is 5.37 Å². The molecule has 0 aliphatic heterocycles. The molecule has 2 nitrogen and oxygen atoms in total. The lowest BCUT2D eigenvalue weighted by Crippen LogP contribution is -2.27. The summed E-state index contributed by atoms with van der Waals surface area (Å²) in [7, 11) is 0. The zero-order valence-electron chi connectivity index (χ0n) is 15.7. The van der Waals surface area contributed by atoms with Crippen molar-refractivity contribution in [3.63, 3.8) is 0 Å². The van der Waals surface area contributed by atoms with E-state index in [-0.39, 0.29) is 6.04 Å². The molecule has 0 bridgehead atoms. The molecule has 138 valence electrons. The van der Waals surface area contributed by atoms with Crippen LogP contribution in [-0.2, 0) is 0 Å². The van der Waals surface area contributed by atoms with Crippen molar-refractivity contribution in [3.05, 3.63) is 0 Å². The van der Waals surface area contributed by atoms with Crippen LogP contribution in [0.2, 0.25) is 0 Å². The molecule has 0 rings (SSSR count). The molecule has 3 heteroatoms. The van der Waals surface area contributed by atoms with E-state index in [2.05, 4.69) is 12.2 Å². The van der Waals surface area contributed by atoms with Crippen LogP contribution in [0.3, 0.4) is 0 Å². The Morgan fingerprint density at radius 2 is 1.09 bits per heavy atom. The fourth-order valence-corrected chi connectivity index (χ4v) is 3.27. The topological polar surface area (TPSA) is 29.1 Å². The number of hydrogen-bond acceptors (Lipinski definition) is 1. The molecule has 0 aliphatic carbocycles. The van der Waals surface area contributed by atoms with Crippen molar-refractivity contribution in [1.29, 1.82) is 0 Å². The van der Waals surface area contributed by atoms with Crippen LogP contribution in [0, 0.1) is 0 Å². The third-order valence-electron chi connectivity index (χ3n) is 4.60. The third-order valence-corrected chi connectivity index (χ3v) is 4.71. The van der Waals surface area contributed by atoms with Gasteiger partial charge in [-0.3, -0.25) is 4.79 Å². The van der Waals surface area contributed by atoms with E-state index in [9.17, 15) is 4.79 Å². The Kier molecular flexibility index (Phi) is 17.9. The maximum absolute atomic E-state index is 10.7. The number of unbranched alkanes of at least 4 members (excludes halogenated alkanes) is 14. The molecule has 1 amide bonds. The van der Waals surface area contributed by atoms with Gasteiger partial charge in [0.1, 0.15) is 0 Å². The molecule has 0 heterocycles. The van der Waals surface area contributed by atoms with Crippen molar-refractivity contribution in [1.82, 2.24) is 5.32 Å². The minimum Gasteiger partial charge on any atom is -0.340 e. The number of carbonyl (C=O) groups is 1. The van der Waals surface area contributed by atoms with Crippen LogP contribution in [0.5, 0.6) is 0 Å². The number of amides is 1. The van der Waals surface area contributed by atoms with Crippen molar-refractivity contribution in [2.75, 3.05) is 0 Å². The number of nitrogens with one attached hydrogen (secondary N) is 1. The zero-order valence-corrected chi connectivity index (χ0v) is 16.4. The van der Waals surface area contributed by atoms with Crippen LogP contribution in [0.25, 0.3) is 0 Å².